The van der Waals surface area contributed by atoms with E-state index in [-0.39, 0.29) is 17.7 Å². The van der Waals surface area contributed by atoms with Crippen LogP contribution >= 0.6 is 11.6 Å². The third kappa shape index (κ3) is 6.25. The summed E-state index contributed by atoms with van der Waals surface area (Å²) in [5.74, 6) is 0.886. The average molecular weight is 443 g/mol. The maximum Gasteiger partial charge on any atom is 0.244 e. The Hall–Kier alpha value is -2.99. The molecule has 0 unspecified atom stereocenters. The van der Waals surface area contributed by atoms with Crippen molar-refractivity contribution in [2.24, 2.45) is 5.92 Å². The van der Waals surface area contributed by atoms with Crippen LogP contribution in [0.1, 0.15) is 36.8 Å². The molecule has 1 aliphatic carbocycles. The smallest absolute Gasteiger partial charge is 0.244 e. The highest BCUT2D eigenvalue weighted by atomic mass is 35.5. The monoisotopic (exact) mass is 442 g/mol. The van der Waals surface area contributed by atoms with Gasteiger partial charge >= 0.3 is 0 Å². The van der Waals surface area contributed by atoms with Crippen molar-refractivity contribution in [2.45, 2.75) is 32.2 Å². The number of rotatable bonds is 8. The third-order valence-electron chi connectivity index (χ3n) is 5.27. The van der Waals surface area contributed by atoms with E-state index in [9.17, 15) is 9.59 Å². The predicted octanol–water partition coefficient (Wildman–Crippen LogP) is 4.82. The zero-order valence-corrected chi connectivity index (χ0v) is 18.5. The van der Waals surface area contributed by atoms with Crippen molar-refractivity contribution in [1.29, 1.82) is 0 Å². The number of carbonyl (C=O) groups is 2. The summed E-state index contributed by atoms with van der Waals surface area (Å²) in [5, 5.41) is 6.23. The Morgan fingerprint density at radius 1 is 1.13 bits per heavy atom. The van der Waals surface area contributed by atoms with Crippen LogP contribution in [-0.2, 0) is 16.1 Å². The molecule has 3 rings (SSSR count). The van der Waals surface area contributed by atoms with Gasteiger partial charge in [-0.3, -0.25) is 9.59 Å². The highest BCUT2D eigenvalue weighted by molar-refractivity contribution is 6.32. The van der Waals surface area contributed by atoms with Crippen LogP contribution in [0.4, 0.5) is 5.69 Å². The van der Waals surface area contributed by atoms with E-state index in [1.807, 2.05) is 24.3 Å². The second-order valence-corrected chi connectivity index (χ2v) is 7.87. The van der Waals surface area contributed by atoms with Gasteiger partial charge in [-0.25, -0.2) is 0 Å². The molecule has 0 aliphatic heterocycles. The molecule has 2 N–H and O–H groups in total. The van der Waals surface area contributed by atoms with Crippen LogP contribution in [-0.4, -0.2) is 26.0 Å². The molecule has 0 spiro atoms. The molecule has 2 amide bonds. The number of carbonyl (C=O) groups excluding carboxylic acids is 2. The normalized spacial score (nSPS) is 13.9. The van der Waals surface area contributed by atoms with Crippen LogP contribution in [0.15, 0.2) is 42.5 Å². The van der Waals surface area contributed by atoms with E-state index < -0.39 is 0 Å². The van der Waals surface area contributed by atoms with Gasteiger partial charge in [0.15, 0.2) is 11.5 Å². The molecule has 6 nitrogen and oxygen atoms in total. The molecule has 31 heavy (non-hydrogen) atoms. The van der Waals surface area contributed by atoms with Gasteiger partial charge in [-0.15, -0.1) is 0 Å². The largest absolute Gasteiger partial charge is 0.493 e. The second kappa shape index (κ2) is 10.9. The van der Waals surface area contributed by atoms with Crippen LogP contribution in [0.5, 0.6) is 11.5 Å². The molecule has 0 bridgehead atoms. The molecular formula is C24H27ClN2O4. The molecule has 1 aliphatic rings. The van der Waals surface area contributed by atoms with Gasteiger partial charge in [0.1, 0.15) is 0 Å². The Kier molecular flexibility index (Phi) is 7.95. The number of nitrogens with one attached hydrogen (secondary N) is 2. The summed E-state index contributed by atoms with van der Waals surface area (Å²) in [6.07, 6.45) is 7.24. The van der Waals surface area contributed by atoms with Gasteiger partial charge in [0.2, 0.25) is 11.8 Å². The Balaban J connectivity index is 1.56. The Labute approximate surface area is 187 Å². The molecule has 0 saturated heterocycles. The molecule has 1 saturated carbocycles. The molecule has 0 aromatic heterocycles. The lowest BCUT2D eigenvalue weighted by Gasteiger charge is -2.11. The van der Waals surface area contributed by atoms with Gasteiger partial charge in [-0.2, -0.15) is 0 Å². The fourth-order valence-electron chi connectivity index (χ4n) is 3.65. The quantitative estimate of drug-likeness (QED) is 0.575. The van der Waals surface area contributed by atoms with Crippen LogP contribution < -0.4 is 20.1 Å². The molecular weight excluding hydrogens is 416 g/mol. The van der Waals surface area contributed by atoms with Crippen molar-refractivity contribution in [3.63, 3.8) is 0 Å². The fraction of sp³-hybridized carbons (Fsp3) is 0.333. The van der Waals surface area contributed by atoms with Crippen molar-refractivity contribution in [1.82, 2.24) is 5.32 Å². The van der Waals surface area contributed by atoms with Gasteiger partial charge < -0.3 is 20.1 Å². The maximum atomic E-state index is 12.3. The summed E-state index contributed by atoms with van der Waals surface area (Å²) >= 11 is 6.19. The highest BCUT2D eigenvalue weighted by Crippen LogP contribution is 2.36. The number of benzene rings is 2. The van der Waals surface area contributed by atoms with E-state index >= 15 is 0 Å². The van der Waals surface area contributed by atoms with Crippen LogP contribution in [0.2, 0.25) is 5.02 Å². The van der Waals surface area contributed by atoms with Crippen molar-refractivity contribution in [3.05, 3.63) is 58.6 Å². The molecule has 164 valence electrons. The van der Waals surface area contributed by atoms with Gasteiger partial charge in [0.25, 0.3) is 0 Å². The molecule has 7 heteroatoms. The second-order valence-electron chi connectivity index (χ2n) is 7.46. The highest BCUT2D eigenvalue weighted by Gasteiger charge is 2.22. The molecule has 2 aromatic carbocycles. The summed E-state index contributed by atoms with van der Waals surface area (Å²) in [6.45, 7) is 0.350. The summed E-state index contributed by atoms with van der Waals surface area (Å²) in [5.41, 5.74) is 2.37. The Morgan fingerprint density at radius 3 is 2.61 bits per heavy atom. The summed E-state index contributed by atoms with van der Waals surface area (Å²) in [4.78, 5) is 24.5. The van der Waals surface area contributed by atoms with Crippen LogP contribution in [0, 0.1) is 5.92 Å². The number of halogens is 1. The number of methoxy groups -OCH3 is 2. The minimum Gasteiger partial charge on any atom is -0.493 e. The number of anilines is 1. The molecule has 0 radical (unpaired) electrons. The van der Waals surface area contributed by atoms with E-state index in [1.165, 1.54) is 20.3 Å². The van der Waals surface area contributed by atoms with E-state index in [4.69, 9.17) is 21.1 Å². The number of ether oxygens (including phenoxy) is 2. The van der Waals surface area contributed by atoms with Gasteiger partial charge in [-0.1, -0.05) is 36.6 Å². The van der Waals surface area contributed by atoms with Crippen molar-refractivity contribution >= 4 is 35.2 Å². The number of hydrogen-bond acceptors (Lipinski definition) is 4. The van der Waals surface area contributed by atoms with E-state index in [2.05, 4.69) is 10.6 Å². The lowest BCUT2D eigenvalue weighted by molar-refractivity contribution is -0.119. The van der Waals surface area contributed by atoms with E-state index in [0.29, 0.717) is 23.1 Å². The van der Waals surface area contributed by atoms with Gasteiger partial charge in [0.05, 0.1) is 19.2 Å². The summed E-state index contributed by atoms with van der Waals surface area (Å²) < 4.78 is 10.5. The minimum absolute atomic E-state index is 0.0789. The standard InChI is InChI=1S/C24H27ClN2O4/c1-30-21-14-16(13-20(25)23(21)31-2)10-11-22(28)26-15-17-6-5-9-19(12-17)27-24(29)18-7-3-4-8-18/h5-6,9-14,18H,3-4,7-8,15H2,1-2H3,(H,26,28)(H,27,29). The zero-order chi connectivity index (χ0) is 22.2. The number of hydrogen-bond donors (Lipinski definition) is 2. The first-order valence-electron chi connectivity index (χ1n) is 10.3. The Morgan fingerprint density at radius 2 is 1.90 bits per heavy atom. The molecule has 0 atom stereocenters. The van der Waals surface area contributed by atoms with Crippen molar-refractivity contribution in [2.75, 3.05) is 19.5 Å². The van der Waals surface area contributed by atoms with Crippen LogP contribution in [0.25, 0.3) is 6.08 Å². The summed E-state index contributed by atoms with van der Waals surface area (Å²) in [6, 6.07) is 11.0. The van der Waals surface area contributed by atoms with Gasteiger partial charge in [0, 0.05) is 24.2 Å². The SMILES string of the molecule is COc1cc(C=CC(=O)NCc2cccc(NC(=O)C3CCCC3)c2)cc(Cl)c1OC. The molecule has 2 aromatic rings. The van der Waals surface area contributed by atoms with Crippen LogP contribution in [0.3, 0.4) is 0 Å². The summed E-state index contributed by atoms with van der Waals surface area (Å²) in [7, 11) is 3.04. The zero-order valence-electron chi connectivity index (χ0n) is 17.7. The Bertz CT molecular complexity index is 968. The van der Waals surface area contributed by atoms with Crippen molar-refractivity contribution < 1.29 is 19.1 Å². The van der Waals surface area contributed by atoms with Gasteiger partial charge in [-0.05, 0) is 54.3 Å². The van der Waals surface area contributed by atoms with Crippen molar-refractivity contribution in [3.8, 4) is 11.5 Å². The lowest BCUT2D eigenvalue weighted by atomic mass is 10.1. The first-order valence-corrected chi connectivity index (χ1v) is 10.6. The third-order valence-corrected chi connectivity index (χ3v) is 5.55. The topological polar surface area (TPSA) is 76.7 Å². The number of amides is 2. The predicted molar refractivity (Wildman–Crippen MR) is 122 cm³/mol. The fourth-order valence-corrected chi connectivity index (χ4v) is 3.94. The first kappa shape index (κ1) is 22.7. The maximum absolute atomic E-state index is 12.3. The van der Waals surface area contributed by atoms with E-state index in [0.717, 1.165) is 42.5 Å². The van der Waals surface area contributed by atoms with E-state index in [1.54, 1.807) is 18.2 Å². The average Bonchev–Trinajstić information content (AvgIpc) is 3.31. The minimum atomic E-state index is -0.244. The lowest BCUT2D eigenvalue weighted by Crippen LogP contribution is -2.21. The molecule has 0 heterocycles. The molecule has 1 fully saturated rings. The first-order chi connectivity index (χ1) is 15.0.